The number of anilines is 1. The Bertz CT molecular complexity index is 901. The first-order chi connectivity index (χ1) is 13.9. The molecule has 2 aromatic rings. The van der Waals surface area contributed by atoms with E-state index in [0.717, 1.165) is 33.8 Å². The van der Waals surface area contributed by atoms with Crippen molar-refractivity contribution in [2.75, 3.05) is 11.4 Å². The molecule has 0 bridgehead atoms. The first-order valence-corrected chi connectivity index (χ1v) is 10.4. The molecule has 0 unspecified atom stereocenters. The lowest BCUT2D eigenvalue weighted by Crippen LogP contribution is -2.36. The van der Waals surface area contributed by atoms with Gasteiger partial charge in [-0.15, -0.1) is 0 Å². The van der Waals surface area contributed by atoms with Crippen molar-refractivity contribution in [2.45, 2.75) is 52.7 Å². The van der Waals surface area contributed by atoms with Crippen LogP contribution in [0.4, 0.5) is 5.69 Å². The van der Waals surface area contributed by atoms with Crippen molar-refractivity contribution < 1.29 is 4.79 Å². The highest BCUT2D eigenvalue weighted by molar-refractivity contribution is 6.01. The molecule has 0 aromatic heterocycles. The first-order valence-electron chi connectivity index (χ1n) is 10.4. The number of hydrogen-bond donors (Lipinski definition) is 3. The van der Waals surface area contributed by atoms with Gasteiger partial charge in [-0.3, -0.25) is 4.79 Å². The molecule has 154 valence electrons. The average Bonchev–Trinajstić information content (AvgIpc) is 2.69. The Kier molecular flexibility index (Phi) is 6.60. The zero-order valence-corrected chi connectivity index (χ0v) is 17.8. The van der Waals surface area contributed by atoms with E-state index in [1.807, 2.05) is 47.4 Å². The summed E-state index contributed by atoms with van der Waals surface area (Å²) < 4.78 is 0. The quantitative estimate of drug-likeness (QED) is 0.701. The third-order valence-corrected chi connectivity index (χ3v) is 5.00. The van der Waals surface area contributed by atoms with Crippen molar-refractivity contribution in [3.8, 4) is 0 Å². The number of benzene rings is 2. The molecule has 3 rings (SSSR count). The maximum atomic E-state index is 13.2. The molecule has 29 heavy (non-hydrogen) atoms. The Hall–Kier alpha value is -2.79. The van der Waals surface area contributed by atoms with E-state index in [4.69, 9.17) is 5.73 Å². The van der Waals surface area contributed by atoms with Crippen LogP contribution in [0.15, 0.2) is 48.5 Å². The predicted octanol–water partition coefficient (Wildman–Crippen LogP) is 3.70. The lowest BCUT2D eigenvalue weighted by atomic mass is 9.95. The molecule has 0 saturated carbocycles. The van der Waals surface area contributed by atoms with E-state index in [1.165, 1.54) is 0 Å². The lowest BCUT2D eigenvalue weighted by molar-refractivity contribution is -0.118. The van der Waals surface area contributed by atoms with Crippen LogP contribution in [0.5, 0.6) is 0 Å². The second-order valence-corrected chi connectivity index (χ2v) is 8.10. The standard InChI is InChI=1S/C24H32N4O/c1-16(2)26-14-13-22(29)28-15-18-9-5-6-10-19(18)23(25)24(27-17(3)4)20-11-7-8-12-21(20)28/h5-12,16-17,26-27H,13-15,25H2,1-4H3/b24-23-. The molecule has 5 nitrogen and oxygen atoms in total. The topological polar surface area (TPSA) is 70.4 Å². The summed E-state index contributed by atoms with van der Waals surface area (Å²) >= 11 is 0. The number of carbonyl (C=O) groups excluding carboxylic acids is 1. The second kappa shape index (κ2) is 9.14. The van der Waals surface area contributed by atoms with Gasteiger partial charge in [-0.25, -0.2) is 0 Å². The van der Waals surface area contributed by atoms with Crippen molar-refractivity contribution in [1.82, 2.24) is 10.6 Å². The number of carbonyl (C=O) groups is 1. The number of nitrogens with one attached hydrogen (secondary N) is 2. The summed E-state index contributed by atoms with van der Waals surface area (Å²) in [4.78, 5) is 15.1. The van der Waals surface area contributed by atoms with Gasteiger partial charge >= 0.3 is 0 Å². The van der Waals surface area contributed by atoms with Crippen molar-refractivity contribution >= 4 is 23.0 Å². The van der Waals surface area contributed by atoms with Crippen LogP contribution in [-0.4, -0.2) is 24.5 Å². The minimum absolute atomic E-state index is 0.102. The Balaban J connectivity index is 2.11. The van der Waals surface area contributed by atoms with Crippen molar-refractivity contribution in [1.29, 1.82) is 0 Å². The van der Waals surface area contributed by atoms with Crippen LogP contribution in [0.1, 0.15) is 50.8 Å². The Labute approximate surface area is 174 Å². The van der Waals surface area contributed by atoms with E-state index >= 15 is 0 Å². The largest absolute Gasteiger partial charge is 0.397 e. The molecule has 0 aliphatic carbocycles. The summed E-state index contributed by atoms with van der Waals surface area (Å²) in [7, 11) is 0. The fourth-order valence-corrected chi connectivity index (χ4v) is 3.65. The third-order valence-electron chi connectivity index (χ3n) is 5.00. The highest BCUT2D eigenvalue weighted by Gasteiger charge is 2.26. The highest BCUT2D eigenvalue weighted by atomic mass is 16.2. The molecule has 0 atom stereocenters. The molecule has 1 aliphatic heterocycles. The maximum Gasteiger partial charge on any atom is 0.228 e. The number of amides is 1. The van der Waals surface area contributed by atoms with Gasteiger partial charge in [0.1, 0.15) is 0 Å². The van der Waals surface area contributed by atoms with Crippen LogP contribution in [-0.2, 0) is 11.3 Å². The van der Waals surface area contributed by atoms with Crippen LogP contribution in [0, 0.1) is 0 Å². The maximum absolute atomic E-state index is 13.2. The molecule has 1 aliphatic rings. The zero-order valence-electron chi connectivity index (χ0n) is 17.8. The van der Waals surface area contributed by atoms with Crippen molar-refractivity contribution in [2.24, 2.45) is 5.73 Å². The monoisotopic (exact) mass is 392 g/mol. The van der Waals surface area contributed by atoms with Gasteiger partial charge in [0.2, 0.25) is 5.91 Å². The molecule has 4 N–H and O–H groups in total. The number of para-hydroxylation sites is 1. The van der Waals surface area contributed by atoms with E-state index in [2.05, 4.69) is 44.4 Å². The first kappa shape index (κ1) is 20.9. The molecular weight excluding hydrogens is 360 g/mol. The predicted molar refractivity (Wildman–Crippen MR) is 121 cm³/mol. The van der Waals surface area contributed by atoms with Crippen LogP contribution in [0.2, 0.25) is 0 Å². The van der Waals surface area contributed by atoms with Gasteiger partial charge in [-0.1, -0.05) is 56.3 Å². The van der Waals surface area contributed by atoms with E-state index < -0.39 is 0 Å². The summed E-state index contributed by atoms with van der Waals surface area (Å²) in [5.41, 5.74) is 12.1. The molecule has 1 heterocycles. The summed E-state index contributed by atoms with van der Waals surface area (Å²) in [5, 5.41) is 6.86. The number of nitrogens with two attached hydrogens (primary N) is 1. The molecule has 0 fully saturated rings. The Morgan fingerprint density at radius 3 is 2.34 bits per heavy atom. The normalized spacial score (nSPS) is 16.3. The summed E-state index contributed by atoms with van der Waals surface area (Å²) in [6.45, 7) is 9.52. The van der Waals surface area contributed by atoms with Gasteiger partial charge in [-0.2, -0.15) is 0 Å². The number of rotatable bonds is 6. The summed E-state index contributed by atoms with van der Waals surface area (Å²) in [5.74, 6) is 0.102. The van der Waals surface area contributed by atoms with Crippen molar-refractivity contribution in [3.63, 3.8) is 0 Å². The molecule has 0 radical (unpaired) electrons. The van der Waals surface area contributed by atoms with Gasteiger partial charge in [0, 0.05) is 36.2 Å². The number of fused-ring (bicyclic) bond motifs is 2. The van der Waals surface area contributed by atoms with E-state index in [-0.39, 0.29) is 11.9 Å². The van der Waals surface area contributed by atoms with E-state index in [9.17, 15) is 4.79 Å². The molecule has 1 amide bonds. The SMILES string of the molecule is CC(C)NCCC(=O)N1Cc2ccccc2/C(N)=C(/NC(C)C)c2ccccc21. The number of hydrogen-bond acceptors (Lipinski definition) is 4. The Morgan fingerprint density at radius 1 is 1.00 bits per heavy atom. The zero-order chi connectivity index (χ0) is 21.0. The minimum atomic E-state index is 0.102. The highest BCUT2D eigenvalue weighted by Crippen LogP contribution is 2.35. The smallest absolute Gasteiger partial charge is 0.228 e. The van der Waals surface area contributed by atoms with Gasteiger partial charge in [0.05, 0.1) is 23.6 Å². The van der Waals surface area contributed by atoms with Gasteiger partial charge < -0.3 is 21.3 Å². The van der Waals surface area contributed by atoms with Gasteiger partial charge in [0.25, 0.3) is 0 Å². The molecule has 0 spiro atoms. The van der Waals surface area contributed by atoms with Crippen LogP contribution < -0.4 is 21.3 Å². The van der Waals surface area contributed by atoms with Crippen molar-refractivity contribution in [3.05, 3.63) is 65.2 Å². The molecule has 5 heteroatoms. The second-order valence-electron chi connectivity index (χ2n) is 8.10. The van der Waals surface area contributed by atoms with Gasteiger partial charge in [0.15, 0.2) is 0 Å². The van der Waals surface area contributed by atoms with Gasteiger partial charge in [-0.05, 0) is 25.5 Å². The summed E-state index contributed by atoms with van der Waals surface area (Å²) in [6, 6.07) is 16.6. The van der Waals surface area contributed by atoms with E-state index in [1.54, 1.807) is 0 Å². The van der Waals surface area contributed by atoms with E-state index in [0.29, 0.717) is 25.6 Å². The third kappa shape index (κ3) is 4.80. The molecular formula is C24H32N4O. The Morgan fingerprint density at radius 2 is 1.66 bits per heavy atom. The summed E-state index contributed by atoms with van der Waals surface area (Å²) in [6.07, 6.45) is 0.445. The lowest BCUT2D eigenvalue weighted by Gasteiger charge is -2.31. The number of nitrogens with zero attached hydrogens (tertiary/aromatic N) is 1. The van der Waals surface area contributed by atoms with Crippen LogP contribution >= 0.6 is 0 Å². The average molecular weight is 393 g/mol. The van der Waals surface area contributed by atoms with Crippen LogP contribution in [0.3, 0.4) is 0 Å². The minimum Gasteiger partial charge on any atom is -0.397 e. The fraction of sp³-hybridized carbons (Fsp3) is 0.375. The molecule has 2 aromatic carbocycles. The molecule has 0 saturated heterocycles. The van der Waals surface area contributed by atoms with Crippen LogP contribution in [0.25, 0.3) is 11.4 Å². The fourth-order valence-electron chi connectivity index (χ4n) is 3.65.